The van der Waals surface area contributed by atoms with Crippen molar-refractivity contribution in [3.63, 3.8) is 0 Å². The monoisotopic (exact) mass is 442 g/mol. The number of hydrogen-bond acceptors (Lipinski definition) is 5. The SMILES string of the molecule is N#CCCN(CCC#N)C(=O)C1CCN(S(=O)(=O)c2c(Cl)cccc2Cl)CC1. The Bertz CT molecular complexity index is 862. The van der Waals surface area contributed by atoms with E-state index >= 15 is 0 Å². The van der Waals surface area contributed by atoms with Gasteiger partial charge in [-0.2, -0.15) is 14.8 Å². The zero-order valence-electron chi connectivity index (χ0n) is 15.1. The first-order valence-corrected chi connectivity index (χ1v) is 11.0. The van der Waals surface area contributed by atoms with E-state index in [0.29, 0.717) is 12.8 Å². The molecule has 0 radical (unpaired) electrons. The minimum absolute atomic E-state index is 0.0601. The van der Waals surface area contributed by atoms with Crippen LogP contribution in [0.5, 0.6) is 0 Å². The summed E-state index contributed by atoms with van der Waals surface area (Å²) in [4.78, 5) is 14.1. The van der Waals surface area contributed by atoms with Gasteiger partial charge in [-0.3, -0.25) is 4.79 Å². The maximum Gasteiger partial charge on any atom is 0.246 e. The first kappa shape index (κ1) is 22.4. The summed E-state index contributed by atoms with van der Waals surface area (Å²) in [5.41, 5.74) is 0. The van der Waals surface area contributed by atoms with E-state index in [9.17, 15) is 13.2 Å². The van der Waals surface area contributed by atoms with Crippen molar-refractivity contribution in [3.8, 4) is 12.1 Å². The van der Waals surface area contributed by atoms with Crippen molar-refractivity contribution in [2.75, 3.05) is 26.2 Å². The minimum Gasteiger partial charge on any atom is -0.340 e. The van der Waals surface area contributed by atoms with Crippen molar-refractivity contribution in [1.29, 1.82) is 10.5 Å². The largest absolute Gasteiger partial charge is 0.340 e. The number of hydrogen-bond donors (Lipinski definition) is 0. The summed E-state index contributed by atoms with van der Waals surface area (Å²) < 4.78 is 27.1. The third-order valence-corrected chi connectivity index (χ3v) is 7.47. The molecule has 1 aromatic rings. The van der Waals surface area contributed by atoms with Crippen molar-refractivity contribution in [1.82, 2.24) is 9.21 Å². The fourth-order valence-corrected chi connectivity index (χ4v) is 5.72. The molecule has 0 aliphatic carbocycles. The quantitative estimate of drug-likeness (QED) is 0.644. The molecule has 1 aliphatic rings. The van der Waals surface area contributed by atoms with Crippen molar-refractivity contribution in [2.45, 2.75) is 30.6 Å². The van der Waals surface area contributed by atoms with Crippen LogP contribution in [0.25, 0.3) is 0 Å². The van der Waals surface area contributed by atoms with Crippen LogP contribution >= 0.6 is 23.2 Å². The molecule has 0 bridgehead atoms. The molecule has 2 rings (SSSR count). The Morgan fingerprint density at radius 2 is 1.61 bits per heavy atom. The number of nitrogens with zero attached hydrogens (tertiary/aromatic N) is 4. The highest BCUT2D eigenvalue weighted by Gasteiger charge is 2.35. The lowest BCUT2D eigenvalue weighted by atomic mass is 9.96. The lowest BCUT2D eigenvalue weighted by molar-refractivity contribution is -0.136. The summed E-state index contributed by atoms with van der Waals surface area (Å²) in [5, 5.41) is 17.6. The second-order valence-corrected chi connectivity index (χ2v) is 9.06. The zero-order valence-corrected chi connectivity index (χ0v) is 17.5. The average Bonchev–Trinajstić information content (AvgIpc) is 2.67. The van der Waals surface area contributed by atoms with Crippen molar-refractivity contribution < 1.29 is 13.2 Å². The molecule has 150 valence electrons. The molecule has 0 saturated carbocycles. The summed E-state index contributed by atoms with van der Waals surface area (Å²) in [6.45, 7) is 0.880. The topological polar surface area (TPSA) is 105 Å². The van der Waals surface area contributed by atoms with Crippen molar-refractivity contribution >= 4 is 39.1 Å². The molecule has 0 unspecified atom stereocenters. The maximum absolute atomic E-state index is 12.9. The lowest BCUT2D eigenvalue weighted by Crippen LogP contribution is -2.45. The van der Waals surface area contributed by atoms with Crippen LogP contribution in [0, 0.1) is 28.6 Å². The highest BCUT2D eigenvalue weighted by atomic mass is 35.5. The van der Waals surface area contributed by atoms with E-state index in [2.05, 4.69) is 0 Å². The van der Waals surface area contributed by atoms with Gasteiger partial charge in [-0.15, -0.1) is 0 Å². The number of amides is 1. The third-order valence-electron chi connectivity index (χ3n) is 4.62. The molecule has 10 heteroatoms. The molecule has 1 saturated heterocycles. The van der Waals surface area contributed by atoms with Gasteiger partial charge in [0.15, 0.2) is 0 Å². The smallest absolute Gasteiger partial charge is 0.246 e. The second kappa shape index (κ2) is 10.1. The predicted octanol–water partition coefficient (Wildman–Crippen LogP) is 3.05. The molecule has 0 spiro atoms. The van der Waals surface area contributed by atoms with Crippen LogP contribution in [0.2, 0.25) is 10.0 Å². The molecule has 7 nitrogen and oxygen atoms in total. The first-order valence-electron chi connectivity index (χ1n) is 8.79. The van der Waals surface area contributed by atoms with Crippen molar-refractivity contribution in [2.24, 2.45) is 5.92 Å². The van der Waals surface area contributed by atoms with E-state index in [1.807, 2.05) is 12.1 Å². The van der Waals surface area contributed by atoms with Crippen molar-refractivity contribution in [3.05, 3.63) is 28.2 Å². The molecule has 1 aliphatic heterocycles. The maximum atomic E-state index is 12.9. The molecular formula is C18H20Cl2N4O3S. The fraction of sp³-hybridized carbons (Fsp3) is 0.500. The number of nitriles is 2. The Morgan fingerprint density at radius 1 is 1.11 bits per heavy atom. The number of carbonyl (C=O) groups excluding carboxylic acids is 1. The molecule has 0 aromatic heterocycles. The minimum atomic E-state index is -3.86. The molecule has 1 amide bonds. The van der Waals surface area contributed by atoms with Crippen LogP contribution in [0.15, 0.2) is 23.1 Å². The summed E-state index contributed by atoms with van der Waals surface area (Å²) >= 11 is 12.1. The number of carbonyl (C=O) groups is 1. The van der Waals surface area contributed by atoms with Crippen LogP contribution in [-0.4, -0.2) is 49.7 Å². The van der Waals surface area contributed by atoms with Gasteiger partial charge in [0.2, 0.25) is 15.9 Å². The van der Waals surface area contributed by atoms with Crippen LogP contribution < -0.4 is 0 Å². The highest BCUT2D eigenvalue weighted by molar-refractivity contribution is 7.89. The Labute approximate surface area is 175 Å². The van der Waals surface area contributed by atoms with Crippen LogP contribution in [0.4, 0.5) is 0 Å². The average molecular weight is 443 g/mol. The molecule has 0 N–H and O–H groups in total. The molecule has 0 atom stereocenters. The van der Waals surface area contributed by atoms with Gasteiger partial charge < -0.3 is 4.90 Å². The van der Waals surface area contributed by atoms with E-state index in [4.69, 9.17) is 33.7 Å². The summed E-state index contributed by atoms with van der Waals surface area (Å²) in [7, 11) is -3.86. The van der Waals surface area contributed by atoms with E-state index in [1.54, 1.807) is 6.07 Å². The van der Waals surface area contributed by atoms with Crippen LogP contribution in [0.3, 0.4) is 0 Å². The van der Waals surface area contributed by atoms with Gasteiger partial charge >= 0.3 is 0 Å². The lowest BCUT2D eigenvalue weighted by Gasteiger charge is -2.33. The molecular weight excluding hydrogens is 423 g/mol. The van der Waals surface area contributed by atoms with Crippen LogP contribution in [-0.2, 0) is 14.8 Å². The Kier molecular flexibility index (Phi) is 8.09. The normalized spacial score (nSPS) is 15.6. The molecule has 1 fully saturated rings. The van der Waals surface area contributed by atoms with Gasteiger partial charge in [-0.1, -0.05) is 29.3 Å². The number of benzene rings is 1. The van der Waals surface area contributed by atoms with E-state index < -0.39 is 10.0 Å². The Balaban J connectivity index is 2.08. The van der Waals surface area contributed by atoms with Gasteiger partial charge in [0, 0.05) is 32.1 Å². The van der Waals surface area contributed by atoms with Gasteiger partial charge in [0.25, 0.3) is 0 Å². The number of halogens is 2. The van der Waals surface area contributed by atoms with Gasteiger partial charge in [0.05, 0.1) is 35.0 Å². The second-order valence-electron chi connectivity index (χ2n) is 6.37. The Morgan fingerprint density at radius 3 is 2.07 bits per heavy atom. The molecule has 1 heterocycles. The summed E-state index contributed by atoms with van der Waals surface area (Å²) in [5.74, 6) is -0.483. The zero-order chi connectivity index (χ0) is 20.7. The number of piperidine rings is 1. The van der Waals surface area contributed by atoms with Gasteiger partial charge in [0.1, 0.15) is 4.90 Å². The number of sulfonamides is 1. The van der Waals surface area contributed by atoms with E-state index in [1.165, 1.54) is 21.3 Å². The highest BCUT2D eigenvalue weighted by Crippen LogP contribution is 2.33. The van der Waals surface area contributed by atoms with E-state index in [-0.39, 0.29) is 65.8 Å². The molecule has 1 aromatic carbocycles. The number of rotatable bonds is 7. The van der Waals surface area contributed by atoms with E-state index in [0.717, 1.165) is 0 Å². The summed E-state index contributed by atoms with van der Waals surface area (Å²) in [6, 6.07) is 8.51. The molecule has 28 heavy (non-hydrogen) atoms. The van der Waals surface area contributed by atoms with Crippen LogP contribution in [0.1, 0.15) is 25.7 Å². The van der Waals surface area contributed by atoms with Gasteiger partial charge in [-0.05, 0) is 25.0 Å². The predicted molar refractivity (Wildman–Crippen MR) is 105 cm³/mol. The van der Waals surface area contributed by atoms with Gasteiger partial charge in [-0.25, -0.2) is 8.42 Å². The third kappa shape index (κ3) is 5.15. The fourth-order valence-electron chi connectivity index (χ4n) is 3.16. The summed E-state index contributed by atoms with van der Waals surface area (Å²) in [6.07, 6.45) is 1.09. The Hall–Kier alpha value is -1.84. The first-order chi connectivity index (χ1) is 13.3. The standard InChI is InChI=1S/C18H20Cl2N4O3S/c19-15-4-1-5-16(20)17(15)28(26,27)24-12-6-14(7-13-24)18(25)23(10-2-8-21)11-3-9-22/h1,4-5,14H,2-3,6-7,10-13H2.